The Hall–Kier alpha value is -0.670. The lowest BCUT2D eigenvalue weighted by Crippen LogP contribution is -1.98. The molecule has 3 heteroatoms. The molecule has 0 aliphatic carbocycles. The van der Waals surface area contributed by atoms with Crippen LogP contribution in [0.15, 0.2) is 40.9 Å². The van der Waals surface area contributed by atoms with Crippen LogP contribution >= 0.6 is 27.7 Å². The first-order valence-electron chi connectivity index (χ1n) is 5.60. The smallest absolute Gasteiger partial charge is 0.119 e. The lowest BCUT2D eigenvalue weighted by atomic mass is 10.1. The van der Waals surface area contributed by atoms with E-state index in [1.807, 2.05) is 17.8 Å². The Bertz CT molecular complexity index is 499. The molecule has 0 aromatic heterocycles. The summed E-state index contributed by atoms with van der Waals surface area (Å²) in [4.78, 5) is 0. The maximum atomic E-state index is 5.72. The van der Waals surface area contributed by atoms with Gasteiger partial charge in [-0.05, 0) is 53.5 Å². The first kappa shape index (κ1) is 12.8. The highest BCUT2D eigenvalue weighted by molar-refractivity contribution is 9.10. The van der Waals surface area contributed by atoms with Gasteiger partial charge in [-0.25, -0.2) is 0 Å². The van der Waals surface area contributed by atoms with Crippen molar-refractivity contribution in [2.75, 3.05) is 18.6 Å². The summed E-state index contributed by atoms with van der Waals surface area (Å²) in [6.07, 6.45) is 3.22. The third kappa shape index (κ3) is 3.65. The first-order valence-corrected chi connectivity index (χ1v) is 7.79. The summed E-state index contributed by atoms with van der Waals surface area (Å²) in [6, 6.07) is 12.5. The SMILES string of the molecule is CSCCCOc1ccc2cc(Br)ccc2c1. The van der Waals surface area contributed by atoms with Gasteiger partial charge < -0.3 is 4.74 Å². The van der Waals surface area contributed by atoms with Crippen molar-refractivity contribution in [3.63, 3.8) is 0 Å². The van der Waals surface area contributed by atoms with Gasteiger partial charge >= 0.3 is 0 Å². The number of fused-ring (bicyclic) bond motifs is 1. The molecular formula is C14H15BrOS. The van der Waals surface area contributed by atoms with Crippen molar-refractivity contribution in [3.8, 4) is 5.75 Å². The fourth-order valence-electron chi connectivity index (χ4n) is 1.68. The molecule has 0 aliphatic rings. The van der Waals surface area contributed by atoms with Crippen molar-refractivity contribution in [2.24, 2.45) is 0 Å². The van der Waals surface area contributed by atoms with E-state index in [1.165, 1.54) is 10.8 Å². The molecule has 0 saturated carbocycles. The molecule has 0 fully saturated rings. The molecule has 0 atom stereocenters. The molecule has 90 valence electrons. The lowest BCUT2D eigenvalue weighted by molar-refractivity contribution is 0.319. The maximum absolute atomic E-state index is 5.72. The summed E-state index contributed by atoms with van der Waals surface area (Å²) in [5, 5.41) is 2.45. The molecule has 0 amide bonds. The number of benzene rings is 2. The lowest BCUT2D eigenvalue weighted by Gasteiger charge is -2.07. The van der Waals surface area contributed by atoms with E-state index in [-0.39, 0.29) is 0 Å². The second-order valence-corrected chi connectivity index (χ2v) is 5.75. The normalized spacial score (nSPS) is 10.7. The van der Waals surface area contributed by atoms with Crippen molar-refractivity contribution in [3.05, 3.63) is 40.9 Å². The van der Waals surface area contributed by atoms with Gasteiger partial charge in [0.15, 0.2) is 0 Å². The minimum absolute atomic E-state index is 0.795. The third-order valence-electron chi connectivity index (χ3n) is 2.54. The summed E-state index contributed by atoms with van der Waals surface area (Å²) < 4.78 is 6.83. The molecule has 1 nitrogen and oxygen atoms in total. The Morgan fingerprint density at radius 3 is 2.71 bits per heavy atom. The Labute approximate surface area is 115 Å². The van der Waals surface area contributed by atoms with Crippen molar-refractivity contribution in [2.45, 2.75) is 6.42 Å². The van der Waals surface area contributed by atoms with Gasteiger partial charge in [0.1, 0.15) is 5.75 Å². The van der Waals surface area contributed by atoms with Gasteiger partial charge in [-0.3, -0.25) is 0 Å². The quantitative estimate of drug-likeness (QED) is 0.738. The highest BCUT2D eigenvalue weighted by Crippen LogP contribution is 2.24. The van der Waals surface area contributed by atoms with Crippen LogP contribution in [0.5, 0.6) is 5.75 Å². The van der Waals surface area contributed by atoms with Crippen LogP contribution in [0.1, 0.15) is 6.42 Å². The largest absolute Gasteiger partial charge is 0.494 e. The van der Waals surface area contributed by atoms with Gasteiger partial charge in [0.2, 0.25) is 0 Å². The monoisotopic (exact) mass is 310 g/mol. The van der Waals surface area contributed by atoms with Gasteiger partial charge in [-0.15, -0.1) is 0 Å². The zero-order chi connectivity index (χ0) is 12.1. The van der Waals surface area contributed by atoms with Crippen molar-refractivity contribution >= 4 is 38.5 Å². The van der Waals surface area contributed by atoms with E-state index in [2.05, 4.69) is 52.5 Å². The van der Waals surface area contributed by atoms with E-state index in [0.717, 1.165) is 29.0 Å². The van der Waals surface area contributed by atoms with E-state index in [9.17, 15) is 0 Å². The van der Waals surface area contributed by atoms with E-state index in [0.29, 0.717) is 0 Å². The van der Waals surface area contributed by atoms with Crippen molar-refractivity contribution in [1.29, 1.82) is 0 Å². The van der Waals surface area contributed by atoms with E-state index in [1.54, 1.807) is 0 Å². The highest BCUT2D eigenvalue weighted by Gasteiger charge is 1.98. The van der Waals surface area contributed by atoms with E-state index < -0.39 is 0 Å². The number of ether oxygens (including phenoxy) is 1. The van der Waals surface area contributed by atoms with Crippen LogP contribution < -0.4 is 4.74 Å². The van der Waals surface area contributed by atoms with Gasteiger partial charge in [-0.1, -0.05) is 28.1 Å². The third-order valence-corrected chi connectivity index (χ3v) is 3.73. The van der Waals surface area contributed by atoms with E-state index >= 15 is 0 Å². The fourth-order valence-corrected chi connectivity index (χ4v) is 2.46. The van der Waals surface area contributed by atoms with Gasteiger partial charge in [-0.2, -0.15) is 11.8 Å². The molecule has 0 N–H and O–H groups in total. The van der Waals surface area contributed by atoms with Crippen LogP contribution in [0.3, 0.4) is 0 Å². The Balaban J connectivity index is 2.07. The molecule has 0 bridgehead atoms. The molecule has 0 unspecified atom stereocenters. The molecule has 2 aromatic carbocycles. The predicted octanol–water partition coefficient (Wildman–Crippen LogP) is 4.73. The minimum Gasteiger partial charge on any atom is -0.494 e. The summed E-state index contributed by atoms with van der Waals surface area (Å²) >= 11 is 5.33. The highest BCUT2D eigenvalue weighted by atomic mass is 79.9. The minimum atomic E-state index is 0.795. The molecule has 2 aromatic rings. The van der Waals surface area contributed by atoms with Gasteiger partial charge in [0.05, 0.1) is 6.61 Å². The molecule has 17 heavy (non-hydrogen) atoms. The topological polar surface area (TPSA) is 9.23 Å². The molecular weight excluding hydrogens is 296 g/mol. The summed E-state index contributed by atoms with van der Waals surface area (Å²) in [7, 11) is 0. The van der Waals surface area contributed by atoms with Crippen LogP contribution in [0.25, 0.3) is 10.8 Å². The molecule has 2 rings (SSSR count). The molecule has 0 radical (unpaired) electrons. The zero-order valence-electron chi connectivity index (χ0n) is 9.78. The summed E-state index contributed by atoms with van der Waals surface area (Å²) in [5.41, 5.74) is 0. The van der Waals surface area contributed by atoms with Crippen LogP contribution in [-0.2, 0) is 0 Å². The van der Waals surface area contributed by atoms with E-state index in [4.69, 9.17) is 4.74 Å². The molecule has 0 aliphatic heterocycles. The average molecular weight is 311 g/mol. The Kier molecular flexibility index (Phi) is 4.75. The first-order chi connectivity index (χ1) is 8.29. The van der Waals surface area contributed by atoms with Crippen molar-refractivity contribution < 1.29 is 4.74 Å². The van der Waals surface area contributed by atoms with Crippen molar-refractivity contribution in [1.82, 2.24) is 0 Å². The Morgan fingerprint density at radius 1 is 1.12 bits per heavy atom. The maximum Gasteiger partial charge on any atom is 0.119 e. The number of hydrogen-bond donors (Lipinski definition) is 0. The van der Waals surface area contributed by atoms with Gasteiger partial charge in [0.25, 0.3) is 0 Å². The zero-order valence-corrected chi connectivity index (χ0v) is 12.2. The number of thioether (sulfide) groups is 1. The molecule has 0 spiro atoms. The molecule has 0 saturated heterocycles. The van der Waals surface area contributed by atoms with Crippen LogP contribution in [0, 0.1) is 0 Å². The summed E-state index contributed by atoms with van der Waals surface area (Å²) in [6.45, 7) is 0.795. The van der Waals surface area contributed by atoms with Gasteiger partial charge in [0, 0.05) is 4.47 Å². The summed E-state index contributed by atoms with van der Waals surface area (Å²) in [5.74, 6) is 2.11. The average Bonchev–Trinajstić information content (AvgIpc) is 2.35. The predicted molar refractivity (Wildman–Crippen MR) is 80.1 cm³/mol. The second-order valence-electron chi connectivity index (χ2n) is 3.85. The number of hydrogen-bond acceptors (Lipinski definition) is 2. The van der Waals surface area contributed by atoms with Crippen LogP contribution in [-0.4, -0.2) is 18.6 Å². The standard InChI is InChI=1S/C14H15BrOS/c1-17-8-2-7-16-14-6-4-11-9-13(15)5-3-12(11)10-14/h3-6,9-10H,2,7-8H2,1H3. The van der Waals surface area contributed by atoms with Crippen LogP contribution in [0.2, 0.25) is 0 Å². The molecule has 0 heterocycles. The fraction of sp³-hybridized carbons (Fsp3) is 0.286. The van der Waals surface area contributed by atoms with Crippen LogP contribution in [0.4, 0.5) is 0 Å². The Morgan fingerprint density at radius 2 is 1.88 bits per heavy atom. The number of rotatable bonds is 5. The second kappa shape index (κ2) is 6.31. The number of halogens is 1.